The van der Waals surface area contributed by atoms with Crippen LogP contribution in [0.15, 0.2) is 30.3 Å². The van der Waals surface area contributed by atoms with Gasteiger partial charge in [0.1, 0.15) is 6.04 Å². The van der Waals surface area contributed by atoms with E-state index in [-0.39, 0.29) is 24.3 Å². The van der Waals surface area contributed by atoms with E-state index in [0.29, 0.717) is 13.0 Å². The highest BCUT2D eigenvalue weighted by Crippen LogP contribution is 2.14. The average Bonchev–Trinajstić information content (AvgIpc) is 2.94. The molecule has 1 aromatic rings. The number of hydrogen-bond acceptors (Lipinski definition) is 3. The summed E-state index contributed by atoms with van der Waals surface area (Å²) in [5.74, 6) is -0.310. The van der Waals surface area contributed by atoms with Crippen LogP contribution in [-0.2, 0) is 16.0 Å². The average molecular weight is 345 g/mol. The fraction of sp³-hybridized carbons (Fsp3) is 0.526. The number of hydrogen-bond donors (Lipinski definition) is 2. The molecule has 1 atom stereocenters. The lowest BCUT2D eigenvalue weighted by molar-refractivity contribution is -0.134. The third kappa shape index (κ3) is 5.31. The standard InChI is InChI=1S/C19H27N3O3/c1-3-15(4-2)22(13-12-14-8-6-5-7-9-14)17(23)11-10-16-18(24)21-19(25)20-16/h5-9,15-16H,3-4,10-13H2,1-2H3,(H2,20,21,24,25)/t16-/m0/s1. The van der Waals surface area contributed by atoms with E-state index in [4.69, 9.17) is 0 Å². The Labute approximate surface area is 149 Å². The Kier molecular flexibility index (Phi) is 6.98. The van der Waals surface area contributed by atoms with Crippen molar-refractivity contribution in [3.63, 3.8) is 0 Å². The molecule has 4 amide bonds. The second-order valence-electron chi connectivity index (χ2n) is 6.35. The summed E-state index contributed by atoms with van der Waals surface area (Å²) >= 11 is 0. The van der Waals surface area contributed by atoms with Crippen molar-refractivity contribution >= 4 is 17.8 Å². The van der Waals surface area contributed by atoms with E-state index in [1.807, 2.05) is 23.1 Å². The predicted octanol–water partition coefficient (Wildman–Crippen LogP) is 2.23. The van der Waals surface area contributed by atoms with E-state index < -0.39 is 12.1 Å². The number of amides is 4. The first-order valence-electron chi connectivity index (χ1n) is 8.99. The van der Waals surface area contributed by atoms with Crippen LogP contribution in [0.5, 0.6) is 0 Å². The van der Waals surface area contributed by atoms with Crippen molar-refractivity contribution in [3.05, 3.63) is 35.9 Å². The summed E-state index contributed by atoms with van der Waals surface area (Å²) in [4.78, 5) is 37.5. The summed E-state index contributed by atoms with van der Waals surface area (Å²) in [5.41, 5.74) is 1.20. The molecule has 1 heterocycles. The number of urea groups is 1. The predicted molar refractivity (Wildman–Crippen MR) is 95.9 cm³/mol. The van der Waals surface area contributed by atoms with Gasteiger partial charge in [0.2, 0.25) is 5.91 Å². The number of carbonyl (C=O) groups is 3. The Morgan fingerprint density at radius 1 is 1.16 bits per heavy atom. The van der Waals surface area contributed by atoms with Crippen LogP contribution in [-0.4, -0.2) is 41.4 Å². The van der Waals surface area contributed by atoms with E-state index in [2.05, 4.69) is 36.6 Å². The molecule has 0 spiro atoms. The van der Waals surface area contributed by atoms with Gasteiger partial charge in [0.05, 0.1) is 0 Å². The van der Waals surface area contributed by atoms with Gasteiger partial charge in [-0.1, -0.05) is 44.2 Å². The first kappa shape index (κ1) is 19.0. The third-order valence-corrected chi connectivity index (χ3v) is 4.69. The molecule has 0 aromatic heterocycles. The van der Waals surface area contributed by atoms with E-state index >= 15 is 0 Å². The summed E-state index contributed by atoms with van der Waals surface area (Å²) in [5, 5.41) is 4.74. The topological polar surface area (TPSA) is 78.5 Å². The van der Waals surface area contributed by atoms with Crippen LogP contribution in [0.4, 0.5) is 4.79 Å². The number of imide groups is 1. The Balaban J connectivity index is 1.95. The molecule has 1 fully saturated rings. The SMILES string of the molecule is CCC(CC)N(CCc1ccccc1)C(=O)CC[C@@H]1NC(=O)NC1=O. The number of benzene rings is 1. The minimum atomic E-state index is -0.603. The molecule has 6 nitrogen and oxygen atoms in total. The Bertz CT molecular complexity index is 599. The molecule has 136 valence electrons. The van der Waals surface area contributed by atoms with Gasteiger partial charge in [-0.3, -0.25) is 14.9 Å². The van der Waals surface area contributed by atoms with E-state index in [9.17, 15) is 14.4 Å². The fourth-order valence-electron chi connectivity index (χ4n) is 3.21. The van der Waals surface area contributed by atoms with E-state index in [1.54, 1.807) is 0 Å². The molecule has 1 aliphatic rings. The van der Waals surface area contributed by atoms with Crippen molar-refractivity contribution < 1.29 is 14.4 Å². The molecular formula is C19H27N3O3. The number of carbonyl (C=O) groups excluding carboxylic acids is 3. The Hall–Kier alpha value is -2.37. The highest BCUT2D eigenvalue weighted by atomic mass is 16.2. The zero-order valence-corrected chi connectivity index (χ0v) is 15.0. The van der Waals surface area contributed by atoms with Crippen molar-refractivity contribution in [2.45, 2.75) is 58.0 Å². The molecule has 1 aliphatic heterocycles. The maximum absolute atomic E-state index is 12.8. The molecule has 1 aromatic carbocycles. The second kappa shape index (κ2) is 9.20. The van der Waals surface area contributed by atoms with Gasteiger partial charge in [0.25, 0.3) is 5.91 Å². The van der Waals surface area contributed by atoms with Gasteiger partial charge >= 0.3 is 6.03 Å². The van der Waals surface area contributed by atoms with Gasteiger partial charge in [0.15, 0.2) is 0 Å². The first-order chi connectivity index (χ1) is 12.0. The fourth-order valence-corrected chi connectivity index (χ4v) is 3.21. The highest BCUT2D eigenvalue weighted by Gasteiger charge is 2.30. The molecule has 0 saturated carbocycles. The van der Waals surface area contributed by atoms with Crippen molar-refractivity contribution in [2.75, 3.05) is 6.54 Å². The lowest BCUT2D eigenvalue weighted by Crippen LogP contribution is -2.42. The van der Waals surface area contributed by atoms with Crippen LogP contribution in [0, 0.1) is 0 Å². The molecule has 2 rings (SSSR count). The highest BCUT2D eigenvalue weighted by molar-refractivity contribution is 6.04. The smallest absolute Gasteiger partial charge is 0.322 e. The molecule has 0 radical (unpaired) electrons. The zero-order chi connectivity index (χ0) is 18.2. The van der Waals surface area contributed by atoms with Crippen molar-refractivity contribution in [1.29, 1.82) is 0 Å². The van der Waals surface area contributed by atoms with E-state index in [0.717, 1.165) is 19.3 Å². The lowest BCUT2D eigenvalue weighted by atomic mass is 10.1. The molecule has 1 saturated heterocycles. The van der Waals surface area contributed by atoms with Gasteiger partial charge in [0, 0.05) is 19.0 Å². The summed E-state index contributed by atoms with van der Waals surface area (Å²) in [6, 6.07) is 9.22. The van der Waals surface area contributed by atoms with Gasteiger partial charge in [-0.2, -0.15) is 0 Å². The zero-order valence-electron chi connectivity index (χ0n) is 15.0. The lowest BCUT2D eigenvalue weighted by Gasteiger charge is -2.31. The van der Waals surface area contributed by atoms with Gasteiger partial charge in [-0.25, -0.2) is 4.79 Å². The van der Waals surface area contributed by atoms with E-state index in [1.165, 1.54) is 5.56 Å². The van der Waals surface area contributed by atoms with Gasteiger partial charge in [-0.05, 0) is 31.2 Å². The van der Waals surface area contributed by atoms with Crippen LogP contribution in [0.25, 0.3) is 0 Å². The van der Waals surface area contributed by atoms with Crippen LogP contribution in [0.1, 0.15) is 45.1 Å². The molecule has 6 heteroatoms. The monoisotopic (exact) mass is 345 g/mol. The third-order valence-electron chi connectivity index (χ3n) is 4.69. The van der Waals surface area contributed by atoms with Crippen LogP contribution >= 0.6 is 0 Å². The molecule has 25 heavy (non-hydrogen) atoms. The van der Waals surface area contributed by atoms with Crippen LogP contribution < -0.4 is 10.6 Å². The number of rotatable bonds is 9. The van der Waals surface area contributed by atoms with Crippen LogP contribution in [0.2, 0.25) is 0 Å². The molecule has 0 unspecified atom stereocenters. The first-order valence-corrected chi connectivity index (χ1v) is 8.99. The largest absolute Gasteiger partial charge is 0.339 e. The van der Waals surface area contributed by atoms with Crippen molar-refractivity contribution in [3.8, 4) is 0 Å². The maximum Gasteiger partial charge on any atom is 0.322 e. The summed E-state index contributed by atoms with van der Waals surface area (Å²) in [7, 11) is 0. The number of nitrogens with one attached hydrogen (secondary N) is 2. The quantitative estimate of drug-likeness (QED) is 0.674. The van der Waals surface area contributed by atoms with Crippen molar-refractivity contribution in [2.24, 2.45) is 0 Å². The molecule has 0 bridgehead atoms. The van der Waals surface area contributed by atoms with Gasteiger partial charge < -0.3 is 10.2 Å². The number of nitrogens with zero attached hydrogens (tertiary/aromatic N) is 1. The minimum Gasteiger partial charge on any atom is -0.339 e. The van der Waals surface area contributed by atoms with Crippen LogP contribution in [0.3, 0.4) is 0 Å². The molecule has 2 N–H and O–H groups in total. The molecular weight excluding hydrogens is 318 g/mol. The Morgan fingerprint density at radius 3 is 2.40 bits per heavy atom. The summed E-state index contributed by atoms with van der Waals surface area (Å²) in [6.07, 6.45) is 3.20. The minimum absolute atomic E-state index is 0.0404. The maximum atomic E-state index is 12.8. The second-order valence-corrected chi connectivity index (χ2v) is 6.35. The molecule has 0 aliphatic carbocycles. The summed E-state index contributed by atoms with van der Waals surface area (Å²) in [6.45, 7) is 4.83. The van der Waals surface area contributed by atoms with Gasteiger partial charge in [-0.15, -0.1) is 0 Å². The Morgan fingerprint density at radius 2 is 1.84 bits per heavy atom. The summed E-state index contributed by atoms with van der Waals surface area (Å²) < 4.78 is 0. The normalized spacial score (nSPS) is 16.7. The van der Waals surface area contributed by atoms with Crippen molar-refractivity contribution in [1.82, 2.24) is 15.5 Å².